The summed E-state index contributed by atoms with van der Waals surface area (Å²) in [7, 11) is 0. The van der Waals surface area contributed by atoms with Crippen LogP contribution in [0, 0.1) is 17.3 Å². The monoisotopic (exact) mass is 289 g/mol. The number of amides is 1. The van der Waals surface area contributed by atoms with E-state index in [1.54, 1.807) is 0 Å². The molecular formula is C15H23N5O. The van der Waals surface area contributed by atoms with Crippen LogP contribution in [0.5, 0.6) is 0 Å². The van der Waals surface area contributed by atoms with Gasteiger partial charge in [0.05, 0.1) is 12.2 Å². The number of piperidine rings is 2. The summed E-state index contributed by atoms with van der Waals surface area (Å²) in [6, 6.07) is 0.381. The van der Waals surface area contributed by atoms with E-state index in [9.17, 15) is 4.79 Å². The summed E-state index contributed by atoms with van der Waals surface area (Å²) in [5.41, 5.74) is 0.941. The average molecular weight is 289 g/mol. The third-order valence-corrected chi connectivity index (χ3v) is 5.82. The summed E-state index contributed by atoms with van der Waals surface area (Å²) in [5.74, 6) is 1.42. The largest absolute Gasteiger partial charge is 0.337 e. The standard InChI is InChI=1S/C15H23N5O/c1-15(2)11-7-19(8-12(11)15)14(21)13-9-20(18-17-13)10-3-5-16-6-4-10/h9-12,16H,3-8H2,1-2H3. The first-order valence-corrected chi connectivity index (χ1v) is 7.99. The van der Waals surface area contributed by atoms with Crippen molar-refractivity contribution < 1.29 is 4.79 Å². The number of fused-ring (bicyclic) bond motifs is 1. The maximum absolute atomic E-state index is 12.5. The van der Waals surface area contributed by atoms with Crippen molar-refractivity contribution in [2.24, 2.45) is 17.3 Å². The summed E-state index contributed by atoms with van der Waals surface area (Å²) >= 11 is 0. The van der Waals surface area contributed by atoms with Gasteiger partial charge in [-0.3, -0.25) is 4.79 Å². The molecule has 3 heterocycles. The average Bonchev–Trinajstić information content (AvgIpc) is 2.98. The fourth-order valence-electron chi connectivity index (χ4n) is 4.08. The van der Waals surface area contributed by atoms with Crippen LogP contribution in [0.15, 0.2) is 6.20 Å². The molecule has 1 aliphatic carbocycles. The van der Waals surface area contributed by atoms with Gasteiger partial charge in [-0.15, -0.1) is 5.10 Å². The molecule has 2 saturated heterocycles. The van der Waals surface area contributed by atoms with Gasteiger partial charge in [-0.1, -0.05) is 19.1 Å². The number of aromatic nitrogens is 3. The highest BCUT2D eigenvalue weighted by molar-refractivity contribution is 5.92. The van der Waals surface area contributed by atoms with Crippen molar-refractivity contribution in [2.45, 2.75) is 32.7 Å². The number of rotatable bonds is 2. The van der Waals surface area contributed by atoms with Crippen molar-refractivity contribution in [3.63, 3.8) is 0 Å². The second-order valence-corrected chi connectivity index (χ2v) is 7.31. The molecule has 2 unspecified atom stereocenters. The highest BCUT2D eigenvalue weighted by Gasteiger charge is 2.62. The Morgan fingerprint density at radius 2 is 1.95 bits per heavy atom. The molecule has 3 fully saturated rings. The Hall–Kier alpha value is -1.43. The molecule has 1 N–H and O–H groups in total. The van der Waals surface area contributed by atoms with E-state index in [-0.39, 0.29) is 5.91 Å². The Morgan fingerprint density at radius 3 is 2.62 bits per heavy atom. The van der Waals surface area contributed by atoms with Crippen LogP contribution in [0.1, 0.15) is 43.2 Å². The zero-order chi connectivity index (χ0) is 14.6. The van der Waals surface area contributed by atoms with Crippen LogP contribution in [0.4, 0.5) is 0 Å². The normalized spacial score (nSPS) is 31.2. The molecule has 0 bridgehead atoms. The number of hydrogen-bond donors (Lipinski definition) is 1. The predicted molar refractivity (Wildman–Crippen MR) is 77.8 cm³/mol. The topological polar surface area (TPSA) is 63.1 Å². The number of nitrogens with zero attached hydrogens (tertiary/aromatic N) is 4. The summed E-state index contributed by atoms with van der Waals surface area (Å²) in [4.78, 5) is 14.5. The van der Waals surface area contributed by atoms with E-state index in [1.807, 2.05) is 15.8 Å². The first-order chi connectivity index (χ1) is 10.1. The molecule has 1 amide bonds. The fourth-order valence-corrected chi connectivity index (χ4v) is 4.08. The molecule has 6 heteroatoms. The maximum Gasteiger partial charge on any atom is 0.276 e. The first kappa shape index (κ1) is 13.2. The van der Waals surface area contributed by atoms with Gasteiger partial charge in [0.25, 0.3) is 5.91 Å². The molecule has 0 radical (unpaired) electrons. The Morgan fingerprint density at radius 1 is 1.29 bits per heavy atom. The van der Waals surface area contributed by atoms with Gasteiger partial charge in [0, 0.05) is 13.1 Å². The molecule has 0 spiro atoms. The first-order valence-electron chi connectivity index (χ1n) is 7.99. The van der Waals surface area contributed by atoms with Gasteiger partial charge in [0.15, 0.2) is 5.69 Å². The van der Waals surface area contributed by atoms with Gasteiger partial charge in [0.1, 0.15) is 0 Å². The molecule has 0 aromatic carbocycles. The van der Waals surface area contributed by atoms with E-state index >= 15 is 0 Å². The summed E-state index contributed by atoms with van der Waals surface area (Å²) in [6.07, 6.45) is 3.95. The summed E-state index contributed by atoms with van der Waals surface area (Å²) < 4.78 is 1.88. The molecule has 3 aliphatic rings. The zero-order valence-electron chi connectivity index (χ0n) is 12.7. The molecule has 1 saturated carbocycles. The molecule has 2 aliphatic heterocycles. The van der Waals surface area contributed by atoms with E-state index in [1.165, 1.54) is 0 Å². The van der Waals surface area contributed by atoms with E-state index in [0.29, 0.717) is 29.0 Å². The lowest BCUT2D eigenvalue weighted by atomic mass is 10.1. The SMILES string of the molecule is CC1(C)C2CN(C(=O)c3cn(C4CCNCC4)nn3)CC21. The second kappa shape index (κ2) is 4.53. The lowest BCUT2D eigenvalue weighted by Gasteiger charge is -2.22. The van der Waals surface area contributed by atoms with Crippen molar-refractivity contribution in [2.75, 3.05) is 26.2 Å². The van der Waals surface area contributed by atoms with Gasteiger partial charge in [-0.2, -0.15) is 0 Å². The van der Waals surface area contributed by atoms with E-state index in [2.05, 4.69) is 29.5 Å². The minimum Gasteiger partial charge on any atom is -0.337 e. The maximum atomic E-state index is 12.5. The number of likely N-dealkylation sites (tertiary alicyclic amines) is 1. The van der Waals surface area contributed by atoms with Gasteiger partial charge >= 0.3 is 0 Å². The third-order valence-electron chi connectivity index (χ3n) is 5.82. The van der Waals surface area contributed by atoms with Crippen LogP contribution in [0.25, 0.3) is 0 Å². The minimum absolute atomic E-state index is 0.0539. The minimum atomic E-state index is 0.0539. The summed E-state index contributed by atoms with van der Waals surface area (Å²) in [5, 5.41) is 11.6. The quantitative estimate of drug-likeness (QED) is 0.880. The lowest BCUT2D eigenvalue weighted by Crippen LogP contribution is -2.33. The van der Waals surface area contributed by atoms with Crippen molar-refractivity contribution in [1.82, 2.24) is 25.2 Å². The fraction of sp³-hybridized carbons (Fsp3) is 0.800. The van der Waals surface area contributed by atoms with Crippen LogP contribution in [0.2, 0.25) is 0 Å². The third kappa shape index (κ3) is 2.08. The van der Waals surface area contributed by atoms with Crippen LogP contribution < -0.4 is 5.32 Å². The van der Waals surface area contributed by atoms with Crippen LogP contribution >= 0.6 is 0 Å². The molecule has 1 aromatic heterocycles. The Balaban J connectivity index is 1.43. The number of carbonyl (C=O) groups is 1. The molecule has 21 heavy (non-hydrogen) atoms. The van der Waals surface area contributed by atoms with Gasteiger partial charge in [0.2, 0.25) is 0 Å². The Labute approximate surface area is 124 Å². The van der Waals surface area contributed by atoms with Crippen molar-refractivity contribution in [3.05, 3.63) is 11.9 Å². The smallest absolute Gasteiger partial charge is 0.276 e. The number of nitrogens with one attached hydrogen (secondary N) is 1. The molecule has 1 aromatic rings. The van der Waals surface area contributed by atoms with E-state index < -0.39 is 0 Å². The van der Waals surface area contributed by atoms with E-state index in [0.717, 1.165) is 39.0 Å². The number of carbonyl (C=O) groups excluding carboxylic acids is 1. The van der Waals surface area contributed by atoms with Crippen molar-refractivity contribution in [3.8, 4) is 0 Å². The predicted octanol–water partition coefficient (Wildman–Crippen LogP) is 0.931. The lowest BCUT2D eigenvalue weighted by molar-refractivity contribution is 0.0752. The molecule has 6 nitrogen and oxygen atoms in total. The van der Waals surface area contributed by atoms with E-state index in [4.69, 9.17) is 0 Å². The molecule has 114 valence electrons. The molecule has 4 rings (SSSR count). The van der Waals surface area contributed by atoms with Gasteiger partial charge in [-0.25, -0.2) is 4.68 Å². The highest BCUT2D eigenvalue weighted by atomic mass is 16.2. The van der Waals surface area contributed by atoms with Crippen LogP contribution in [-0.2, 0) is 0 Å². The highest BCUT2D eigenvalue weighted by Crippen LogP contribution is 2.62. The Bertz CT molecular complexity index is 546. The van der Waals surface area contributed by atoms with Crippen molar-refractivity contribution >= 4 is 5.91 Å². The van der Waals surface area contributed by atoms with Crippen LogP contribution in [0.3, 0.4) is 0 Å². The zero-order valence-corrected chi connectivity index (χ0v) is 12.7. The van der Waals surface area contributed by atoms with Crippen molar-refractivity contribution in [1.29, 1.82) is 0 Å². The summed E-state index contributed by atoms with van der Waals surface area (Å²) in [6.45, 7) is 8.40. The second-order valence-electron chi connectivity index (χ2n) is 7.31. The van der Waals surface area contributed by atoms with Gasteiger partial charge in [-0.05, 0) is 43.2 Å². The molecule has 2 atom stereocenters. The number of hydrogen-bond acceptors (Lipinski definition) is 4. The molecular weight excluding hydrogens is 266 g/mol. The Kier molecular flexibility index (Phi) is 2.86. The van der Waals surface area contributed by atoms with Gasteiger partial charge < -0.3 is 10.2 Å². The van der Waals surface area contributed by atoms with Crippen LogP contribution in [-0.4, -0.2) is 52.0 Å².